The van der Waals surface area contributed by atoms with Gasteiger partial charge in [-0.2, -0.15) is 0 Å². The Balaban J connectivity index is 1.58. The molecule has 0 bridgehead atoms. The third-order valence-electron chi connectivity index (χ3n) is 10.1. The van der Waals surface area contributed by atoms with E-state index in [0.29, 0.717) is 43.8 Å². The summed E-state index contributed by atoms with van der Waals surface area (Å²) in [5, 5.41) is 41.5. The Hall–Kier alpha value is -3.32. The van der Waals surface area contributed by atoms with Gasteiger partial charge < -0.3 is 40.7 Å². The minimum atomic E-state index is -0.982. The van der Waals surface area contributed by atoms with Crippen LogP contribution in [0.5, 0.6) is 0 Å². The molecule has 1 aromatic heterocycles. The Bertz CT molecular complexity index is 1310. The first-order valence-electron chi connectivity index (χ1n) is 18.2. The summed E-state index contributed by atoms with van der Waals surface area (Å²) < 4.78 is 1.49. The zero-order chi connectivity index (χ0) is 35.3. The lowest BCUT2D eigenvalue weighted by atomic mass is 9.82. The second-order valence-electron chi connectivity index (χ2n) is 14.6. The van der Waals surface area contributed by atoms with Crippen molar-refractivity contribution in [1.82, 2.24) is 30.4 Å². The van der Waals surface area contributed by atoms with E-state index in [2.05, 4.69) is 20.9 Å². The van der Waals surface area contributed by atoms with Crippen molar-refractivity contribution in [3.8, 4) is 0 Å². The molecule has 1 aromatic carbocycles. The lowest BCUT2D eigenvalue weighted by Crippen LogP contribution is -2.57. The van der Waals surface area contributed by atoms with E-state index in [1.54, 1.807) is 18.1 Å². The summed E-state index contributed by atoms with van der Waals surface area (Å²) in [6, 6.07) is 7.61. The fraction of sp³-hybridized carbons (Fsp3) is 0.676. The van der Waals surface area contributed by atoms with Crippen molar-refractivity contribution in [3.05, 3.63) is 54.1 Å². The zero-order valence-corrected chi connectivity index (χ0v) is 29.5. The number of benzene rings is 1. The van der Waals surface area contributed by atoms with Gasteiger partial charge in [0.1, 0.15) is 12.6 Å². The molecule has 12 heteroatoms. The lowest BCUT2D eigenvalue weighted by molar-refractivity contribution is -0.138. The number of aliphatic carboxylic acids is 1. The van der Waals surface area contributed by atoms with Crippen LogP contribution < -0.4 is 16.0 Å². The number of aromatic nitrogens is 2. The SMILES string of the molecule is CC(C)C[C@H](O)[C@H](O)[C@H](CC1CCCCC1)NC[C@H](Cc1cn(CC(=O)O)cn1)N(C)C(=O)[C@H](Cc1ccccc1)NC(=O)[C@@H]1CCCN1. The van der Waals surface area contributed by atoms with Crippen molar-refractivity contribution in [2.45, 2.75) is 127 Å². The number of hydrogen-bond donors (Lipinski definition) is 6. The maximum absolute atomic E-state index is 14.4. The van der Waals surface area contributed by atoms with Gasteiger partial charge >= 0.3 is 5.97 Å². The Kier molecular flexibility index (Phi) is 15.1. The van der Waals surface area contributed by atoms with E-state index < -0.39 is 30.3 Å². The van der Waals surface area contributed by atoms with E-state index in [1.165, 1.54) is 17.3 Å². The van der Waals surface area contributed by atoms with Crippen molar-refractivity contribution in [1.29, 1.82) is 0 Å². The second kappa shape index (κ2) is 19.2. The van der Waals surface area contributed by atoms with Gasteiger partial charge in [-0.25, -0.2) is 4.98 Å². The largest absolute Gasteiger partial charge is 0.480 e. The van der Waals surface area contributed by atoms with Crippen LogP contribution >= 0.6 is 0 Å². The Morgan fingerprint density at radius 1 is 1.04 bits per heavy atom. The number of aliphatic hydroxyl groups excluding tert-OH is 2. The highest BCUT2D eigenvalue weighted by Crippen LogP contribution is 2.29. The first-order chi connectivity index (χ1) is 23.5. The Morgan fingerprint density at radius 2 is 1.78 bits per heavy atom. The number of nitrogens with zero attached hydrogens (tertiary/aromatic N) is 3. The molecule has 6 N–H and O–H groups in total. The molecule has 2 heterocycles. The second-order valence-corrected chi connectivity index (χ2v) is 14.6. The summed E-state index contributed by atoms with van der Waals surface area (Å²) in [4.78, 5) is 45.1. The van der Waals surface area contributed by atoms with Crippen LogP contribution in [0.1, 0.15) is 82.9 Å². The predicted octanol–water partition coefficient (Wildman–Crippen LogP) is 2.51. The molecule has 0 spiro atoms. The fourth-order valence-electron chi connectivity index (χ4n) is 7.30. The molecule has 1 saturated heterocycles. The number of amides is 2. The molecule has 6 atom stereocenters. The van der Waals surface area contributed by atoms with Crippen molar-refractivity contribution in [2.24, 2.45) is 11.8 Å². The van der Waals surface area contributed by atoms with Gasteiger partial charge in [-0.15, -0.1) is 0 Å². The van der Waals surface area contributed by atoms with E-state index in [0.717, 1.165) is 50.6 Å². The van der Waals surface area contributed by atoms with Gasteiger partial charge in [-0.05, 0) is 49.6 Å². The molecule has 272 valence electrons. The summed E-state index contributed by atoms with van der Waals surface area (Å²) in [6.07, 6.45) is 10.4. The van der Waals surface area contributed by atoms with Crippen molar-refractivity contribution in [2.75, 3.05) is 20.1 Å². The first-order valence-corrected chi connectivity index (χ1v) is 18.2. The van der Waals surface area contributed by atoms with E-state index in [9.17, 15) is 29.7 Å². The number of rotatable bonds is 19. The molecular weight excluding hydrogens is 624 g/mol. The van der Waals surface area contributed by atoms with Crippen molar-refractivity contribution in [3.63, 3.8) is 0 Å². The zero-order valence-electron chi connectivity index (χ0n) is 29.5. The highest BCUT2D eigenvalue weighted by molar-refractivity contribution is 5.90. The summed E-state index contributed by atoms with van der Waals surface area (Å²) >= 11 is 0. The van der Waals surface area contributed by atoms with Crippen LogP contribution in [0, 0.1) is 11.8 Å². The monoisotopic (exact) mass is 682 g/mol. The number of imidazole rings is 1. The number of hydrogen-bond acceptors (Lipinski definition) is 8. The van der Waals surface area contributed by atoms with Crippen LogP contribution in [0.2, 0.25) is 0 Å². The Morgan fingerprint density at radius 3 is 2.43 bits per heavy atom. The van der Waals surface area contributed by atoms with Crippen molar-refractivity contribution >= 4 is 17.8 Å². The molecule has 2 aromatic rings. The summed E-state index contributed by atoms with van der Waals surface area (Å²) in [6.45, 7) is 4.87. The van der Waals surface area contributed by atoms with Gasteiger partial charge in [0.2, 0.25) is 11.8 Å². The molecule has 1 aliphatic carbocycles. The van der Waals surface area contributed by atoms with E-state index >= 15 is 0 Å². The fourth-order valence-corrected chi connectivity index (χ4v) is 7.30. The summed E-state index contributed by atoms with van der Waals surface area (Å²) in [5.74, 6) is -0.779. The van der Waals surface area contributed by atoms with E-state index in [4.69, 9.17) is 0 Å². The highest BCUT2D eigenvalue weighted by atomic mass is 16.4. The number of carboxylic acids is 1. The van der Waals surface area contributed by atoms with E-state index in [-0.39, 0.29) is 36.4 Å². The third kappa shape index (κ3) is 12.2. The van der Waals surface area contributed by atoms with Crippen LogP contribution in [0.3, 0.4) is 0 Å². The van der Waals surface area contributed by atoms with Crippen LogP contribution in [0.4, 0.5) is 0 Å². The van der Waals surface area contributed by atoms with Crippen LogP contribution in [-0.4, -0.2) is 104 Å². The number of carbonyl (C=O) groups is 3. The molecule has 2 amide bonds. The van der Waals surface area contributed by atoms with Gasteiger partial charge in [0, 0.05) is 44.7 Å². The van der Waals surface area contributed by atoms with Crippen LogP contribution in [0.15, 0.2) is 42.9 Å². The maximum atomic E-state index is 14.4. The quantitative estimate of drug-likeness (QED) is 0.130. The summed E-state index contributed by atoms with van der Waals surface area (Å²) in [5.41, 5.74) is 1.54. The Labute approximate surface area is 291 Å². The number of carboxylic acid groups (broad SMARTS) is 1. The molecule has 4 rings (SSSR count). The molecule has 2 fully saturated rings. The first kappa shape index (κ1) is 38.5. The van der Waals surface area contributed by atoms with E-state index in [1.807, 2.05) is 44.2 Å². The van der Waals surface area contributed by atoms with Gasteiger partial charge in [-0.3, -0.25) is 14.4 Å². The maximum Gasteiger partial charge on any atom is 0.323 e. The molecule has 1 aliphatic heterocycles. The lowest BCUT2D eigenvalue weighted by Gasteiger charge is -2.36. The smallest absolute Gasteiger partial charge is 0.323 e. The molecule has 2 aliphatic rings. The topological polar surface area (TPSA) is 169 Å². The van der Waals surface area contributed by atoms with Gasteiger partial charge in [0.15, 0.2) is 0 Å². The number of carbonyl (C=O) groups excluding carboxylic acids is 2. The van der Waals surface area contributed by atoms with Gasteiger partial charge in [-0.1, -0.05) is 76.3 Å². The third-order valence-corrected chi connectivity index (χ3v) is 10.1. The molecule has 0 unspecified atom stereocenters. The molecule has 0 radical (unpaired) electrons. The van der Waals surface area contributed by atoms with Crippen molar-refractivity contribution < 1.29 is 29.7 Å². The standard InChI is InChI=1S/C37H58N6O6/c1-25(2)17-33(44)35(47)31(18-26-11-6-4-7-12-26)39-21-29(20-28-22-43(24-40-28)23-34(45)46)42(3)37(49)32(19-27-13-8-5-9-14-27)41-36(48)30-15-10-16-38-30/h5,8-9,13-14,22,24-26,29-33,35,38-39,44,47H,4,6-7,10-12,15-21,23H2,1-3H3,(H,41,48)(H,45,46)/t29-,30-,31-,32-,33-,35+/m0/s1. The molecular formula is C37H58N6O6. The number of aliphatic hydroxyl groups is 2. The normalized spacial score (nSPS) is 20.0. The van der Waals surface area contributed by atoms with Crippen LogP contribution in [-0.2, 0) is 33.8 Å². The average Bonchev–Trinajstić information content (AvgIpc) is 3.78. The van der Waals surface area contributed by atoms with Crippen LogP contribution in [0.25, 0.3) is 0 Å². The average molecular weight is 683 g/mol. The molecule has 12 nitrogen and oxygen atoms in total. The molecule has 49 heavy (non-hydrogen) atoms. The minimum absolute atomic E-state index is 0.197. The molecule has 1 saturated carbocycles. The predicted molar refractivity (Wildman–Crippen MR) is 188 cm³/mol. The number of likely N-dealkylation sites (N-methyl/N-ethyl adjacent to an activating group) is 1. The number of nitrogens with one attached hydrogen (secondary N) is 3. The highest BCUT2D eigenvalue weighted by Gasteiger charge is 2.34. The van der Waals surface area contributed by atoms with Gasteiger partial charge in [0.05, 0.1) is 30.3 Å². The van der Waals surface area contributed by atoms with Gasteiger partial charge in [0.25, 0.3) is 0 Å². The summed E-state index contributed by atoms with van der Waals surface area (Å²) in [7, 11) is 1.72. The minimum Gasteiger partial charge on any atom is -0.480 e.